The van der Waals surface area contributed by atoms with Gasteiger partial charge in [-0.3, -0.25) is 0 Å². The van der Waals surface area contributed by atoms with Gasteiger partial charge >= 0.3 is 0 Å². The van der Waals surface area contributed by atoms with Crippen LogP contribution in [0.5, 0.6) is 28.7 Å². The monoisotopic (exact) mass is 706 g/mol. The van der Waals surface area contributed by atoms with E-state index in [0.717, 1.165) is 48.0 Å². The third-order valence-corrected chi connectivity index (χ3v) is 11.9. The highest BCUT2D eigenvalue weighted by atomic mass is 16.5. The van der Waals surface area contributed by atoms with Crippen LogP contribution in [0.1, 0.15) is 116 Å². The van der Waals surface area contributed by atoms with Crippen LogP contribution in [0.25, 0.3) is 0 Å². The van der Waals surface area contributed by atoms with Gasteiger partial charge in [-0.2, -0.15) is 0 Å². The van der Waals surface area contributed by atoms with Gasteiger partial charge in [-0.15, -0.1) is 0 Å². The van der Waals surface area contributed by atoms with E-state index in [9.17, 15) is 0 Å². The third kappa shape index (κ3) is 7.91. The van der Waals surface area contributed by atoms with Crippen molar-refractivity contribution >= 4 is 0 Å². The Labute approximate surface area is 318 Å². The van der Waals surface area contributed by atoms with Gasteiger partial charge in [-0.25, -0.2) is 0 Å². The molecule has 0 unspecified atom stereocenters. The van der Waals surface area contributed by atoms with Gasteiger partial charge in [0, 0.05) is 0 Å². The number of hydrogen-bond donors (Lipinski definition) is 0. The Morgan fingerprint density at radius 1 is 0.547 bits per heavy atom. The zero-order valence-corrected chi connectivity index (χ0v) is 33.5. The number of hydrogen-bond acceptors (Lipinski definition) is 3. The van der Waals surface area contributed by atoms with E-state index in [2.05, 4.69) is 135 Å². The molecule has 3 nitrogen and oxygen atoms in total. The lowest BCUT2D eigenvalue weighted by Crippen LogP contribution is -2.31. The highest BCUT2D eigenvalue weighted by Crippen LogP contribution is 2.53. The second kappa shape index (κ2) is 15.5. The summed E-state index contributed by atoms with van der Waals surface area (Å²) in [5.41, 5.74) is 16.7. The summed E-state index contributed by atoms with van der Waals surface area (Å²) in [4.78, 5) is 0. The molecule has 3 atom stereocenters. The maximum absolute atomic E-state index is 6.98. The fourth-order valence-corrected chi connectivity index (χ4v) is 9.78. The van der Waals surface area contributed by atoms with E-state index in [1.807, 2.05) is 0 Å². The fourth-order valence-electron chi connectivity index (χ4n) is 9.78. The van der Waals surface area contributed by atoms with Crippen LogP contribution in [-0.4, -0.2) is 6.61 Å². The molecule has 0 saturated heterocycles. The molecule has 0 amide bonds. The lowest BCUT2D eigenvalue weighted by molar-refractivity contribution is 0.242. The Balaban J connectivity index is 1.19. The first-order chi connectivity index (χ1) is 25.4. The van der Waals surface area contributed by atoms with E-state index in [1.54, 1.807) is 0 Å². The van der Waals surface area contributed by atoms with Gasteiger partial charge in [0.05, 0.1) is 6.61 Å². The van der Waals surface area contributed by atoms with Crippen LogP contribution in [0.15, 0.2) is 72.8 Å². The van der Waals surface area contributed by atoms with Gasteiger partial charge in [0.25, 0.3) is 0 Å². The molecule has 0 aromatic heterocycles. The molecular formula is C50H58O3. The van der Waals surface area contributed by atoms with Crippen molar-refractivity contribution < 1.29 is 14.2 Å². The molecule has 276 valence electrons. The number of fused-ring (bicyclic) bond motifs is 3. The Morgan fingerprint density at radius 3 is 1.66 bits per heavy atom. The Bertz CT molecular complexity index is 2050. The van der Waals surface area contributed by atoms with Gasteiger partial charge in [-0.1, -0.05) is 84.1 Å². The summed E-state index contributed by atoms with van der Waals surface area (Å²) < 4.78 is 19.9. The van der Waals surface area contributed by atoms with Crippen LogP contribution in [0.3, 0.4) is 0 Å². The Hall–Kier alpha value is -4.50. The molecule has 5 aromatic carbocycles. The van der Waals surface area contributed by atoms with E-state index in [0.29, 0.717) is 24.4 Å². The zero-order valence-electron chi connectivity index (χ0n) is 33.5. The molecule has 0 aliphatic heterocycles. The van der Waals surface area contributed by atoms with Crippen molar-refractivity contribution in [2.24, 2.45) is 5.92 Å². The molecule has 3 heteroatoms. The van der Waals surface area contributed by atoms with Crippen LogP contribution < -0.4 is 14.2 Å². The summed E-state index contributed by atoms with van der Waals surface area (Å²) in [5.74, 6) is 6.57. The van der Waals surface area contributed by atoms with Crippen molar-refractivity contribution in [3.8, 4) is 28.7 Å². The topological polar surface area (TPSA) is 27.7 Å². The van der Waals surface area contributed by atoms with E-state index < -0.39 is 0 Å². The molecule has 1 fully saturated rings. The van der Waals surface area contributed by atoms with Gasteiger partial charge in [0.2, 0.25) is 0 Å². The van der Waals surface area contributed by atoms with Gasteiger partial charge < -0.3 is 14.2 Å². The Kier molecular flexibility index (Phi) is 10.7. The lowest BCUT2D eigenvalue weighted by Gasteiger charge is -2.43. The molecule has 0 bridgehead atoms. The molecule has 0 N–H and O–H groups in total. The van der Waals surface area contributed by atoms with Crippen molar-refractivity contribution in [2.45, 2.75) is 119 Å². The van der Waals surface area contributed by atoms with Crippen LogP contribution in [0, 0.1) is 68.2 Å². The molecule has 0 radical (unpaired) electrons. The second-order valence-corrected chi connectivity index (χ2v) is 16.4. The largest absolute Gasteiger partial charge is 0.493 e. The third-order valence-electron chi connectivity index (χ3n) is 11.9. The zero-order chi connectivity index (χ0) is 37.4. The normalized spacial score (nSPS) is 17.9. The predicted octanol–water partition coefficient (Wildman–Crippen LogP) is 13.7. The average Bonchev–Trinajstić information content (AvgIpc) is 3.10. The fraction of sp³-hybridized carbons (Fsp3) is 0.400. The summed E-state index contributed by atoms with van der Waals surface area (Å²) in [6.45, 7) is 20.1. The first-order valence-corrected chi connectivity index (χ1v) is 19.9. The number of ether oxygens (including phenoxy) is 3. The van der Waals surface area contributed by atoms with E-state index in [1.165, 1.54) is 98.0 Å². The molecule has 0 spiro atoms. The van der Waals surface area contributed by atoms with Gasteiger partial charge in [0.15, 0.2) is 0 Å². The summed E-state index contributed by atoms with van der Waals surface area (Å²) in [6.07, 6.45) is 8.00. The van der Waals surface area contributed by atoms with Crippen LogP contribution in [0.2, 0.25) is 0 Å². The van der Waals surface area contributed by atoms with Crippen molar-refractivity contribution in [1.29, 1.82) is 0 Å². The van der Waals surface area contributed by atoms with Crippen LogP contribution in [0.4, 0.5) is 0 Å². The number of rotatable bonds is 10. The predicted molar refractivity (Wildman–Crippen MR) is 220 cm³/mol. The first-order valence-electron chi connectivity index (χ1n) is 19.9. The maximum Gasteiger partial charge on any atom is 0.133 e. The van der Waals surface area contributed by atoms with Crippen molar-refractivity contribution in [3.63, 3.8) is 0 Å². The summed E-state index contributed by atoms with van der Waals surface area (Å²) >= 11 is 0. The van der Waals surface area contributed by atoms with Gasteiger partial charge in [0.1, 0.15) is 28.7 Å². The molecule has 53 heavy (non-hydrogen) atoms. The minimum atomic E-state index is 0.488. The maximum atomic E-state index is 6.98. The van der Waals surface area contributed by atoms with Crippen LogP contribution >= 0.6 is 0 Å². The standard InChI is InChI=1S/C50H58O3/c1-30-21-33(4)48(34(5)22-30)51-20-12-13-40-27-41-28-45(39-16-18-42(19-17-39)52-49-35(6)23-31(2)24-36(49)7)43-14-10-11-15-44(43)46(41)29-47(40)53-50-37(8)25-32(3)26-38(50)9/h16-19,21-27,29,43-45H,10-15,20,28H2,1-9H3/t43-,44+,45-/m0/s1. The minimum absolute atomic E-state index is 0.488. The first kappa shape index (κ1) is 36.8. The molecule has 7 rings (SSSR count). The lowest BCUT2D eigenvalue weighted by atomic mass is 9.61. The van der Waals surface area contributed by atoms with Crippen molar-refractivity contribution in [3.05, 3.63) is 145 Å². The van der Waals surface area contributed by atoms with E-state index in [4.69, 9.17) is 14.2 Å². The summed E-state index contributed by atoms with van der Waals surface area (Å²) in [6, 6.07) is 27.3. The van der Waals surface area contributed by atoms with Crippen molar-refractivity contribution in [1.82, 2.24) is 0 Å². The molecule has 2 aliphatic rings. The molecule has 5 aromatic rings. The molecular weight excluding hydrogens is 649 g/mol. The quantitative estimate of drug-likeness (QED) is 0.135. The highest BCUT2D eigenvalue weighted by molar-refractivity contribution is 5.53. The van der Waals surface area contributed by atoms with E-state index in [-0.39, 0.29) is 0 Å². The SMILES string of the molecule is Cc1cc(C)c(OCCCc2cc3c(cc2Oc2c(C)cc(C)cc2C)[C@@H]2CCCC[C@@H]2[C@H](c2ccc(Oc4c(C)cc(C)cc4C)cc2)C3)c(C)c1. The Morgan fingerprint density at radius 2 is 1.08 bits per heavy atom. The smallest absolute Gasteiger partial charge is 0.133 e. The number of aryl methyl sites for hydroxylation is 10. The molecule has 0 heterocycles. The van der Waals surface area contributed by atoms with Gasteiger partial charge in [-0.05, 0) is 186 Å². The van der Waals surface area contributed by atoms with Crippen molar-refractivity contribution in [2.75, 3.05) is 6.61 Å². The average molecular weight is 707 g/mol. The number of benzene rings is 5. The summed E-state index contributed by atoms with van der Waals surface area (Å²) in [7, 11) is 0. The second-order valence-electron chi connectivity index (χ2n) is 16.4. The van der Waals surface area contributed by atoms with E-state index >= 15 is 0 Å². The highest BCUT2D eigenvalue weighted by Gasteiger charge is 2.39. The van der Waals surface area contributed by atoms with Crippen LogP contribution in [-0.2, 0) is 12.8 Å². The summed E-state index contributed by atoms with van der Waals surface area (Å²) in [5, 5.41) is 0. The molecule has 1 saturated carbocycles. The minimum Gasteiger partial charge on any atom is -0.493 e. The molecule has 2 aliphatic carbocycles.